The van der Waals surface area contributed by atoms with Gasteiger partial charge in [0.1, 0.15) is 5.65 Å². The lowest BCUT2D eigenvalue weighted by molar-refractivity contribution is 0.111. The zero-order valence-corrected chi connectivity index (χ0v) is 21.7. The van der Waals surface area contributed by atoms with Gasteiger partial charge in [0.05, 0.1) is 6.10 Å². The number of nitrogens with zero attached hydrogens (tertiary/aromatic N) is 4. The Morgan fingerprint density at radius 2 is 1.75 bits per heavy atom. The van der Waals surface area contributed by atoms with Gasteiger partial charge < -0.3 is 15.0 Å². The van der Waals surface area contributed by atoms with Crippen LogP contribution in [-0.2, 0) is 6.54 Å². The Balaban J connectivity index is 1.28. The Hall–Kier alpha value is -2.44. The summed E-state index contributed by atoms with van der Waals surface area (Å²) < 4.78 is 2.37. The number of fused-ring (bicyclic) bond motifs is 1. The number of hydrogen-bond acceptors (Lipinski definition) is 5. The van der Waals surface area contributed by atoms with E-state index < -0.39 is 0 Å². The summed E-state index contributed by atoms with van der Waals surface area (Å²) in [6.07, 6.45) is 15.8. The number of aliphatic hydroxyl groups is 1. The molecule has 1 aliphatic heterocycles. The van der Waals surface area contributed by atoms with Crippen LogP contribution in [0.1, 0.15) is 82.7 Å². The van der Waals surface area contributed by atoms with Crippen LogP contribution in [0.15, 0.2) is 36.7 Å². The van der Waals surface area contributed by atoms with E-state index in [4.69, 9.17) is 9.97 Å². The Labute approximate surface area is 215 Å². The van der Waals surface area contributed by atoms with Crippen molar-refractivity contribution in [3.8, 4) is 11.1 Å². The van der Waals surface area contributed by atoms with Gasteiger partial charge in [0, 0.05) is 42.0 Å². The predicted molar refractivity (Wildman–Crippen MR) is 146 cm³/mol. The number of piperidine rings is 1. The first-order valence-corrected chi connectivity index (χ1v) is 14.3. The third-order valence-electron chi connectivity index (χ3n) is 8.51. The molecule has 0 spiro atoms. The number of benzene rings is 1. The van der Waals surface area contributed by atoms with Gasteiger partial charge in [0.25, 0.3) is 0 Å². The summed E-state index contributed by atoms with van der Waals surface area (Å²) in [7, 11) is 0. The van der Waals surface area contributed by atoms with Crippen LogP contribution in [0.25, 0.3) is 22.2 Å². The fourth-order valence-electron chi connectivity index (χ4n) is 6.24. The molecule has 36 heavy (non-hydrogen) atoms. The van der Waals surface area contributed by atoms with Crippen LogP contribution in [0.5, 0.6) is 0 Å². The molecule has 3 heterocycles. The molecule has 6 heteroatoms. The van der Waals surface area contributed by atoms with Gasteiger partial charge in [0.2, 0.25) is 5.95 Å². The highest BCUT2D eigenvalue weighted by Crippen LogP contribution is 2.37. The highest BCUT2D eigenvalue weighted by molar-refractivity contribution is 5.94. The molecule has 3 aromatic rings. The maximum Gasteiger partial charge on any atom is 0.224 e. The zero-order valence-electron chi connectivity index (χ0n) is 21.7. The average Bonchev–Trinajstić information content (AvgIpc) is 3.63. The molecule has 3 fully saturated rings. The van der Waals surface area contributed by atoms with Crippen LogP contribution >= 0.6 is 0 Å². The van der Waals surface area contributed by atoms with Crippen LogP contribution in [0.4, 0.5) is 5.95 Å². The highest BCUT2D eigenvalue weighted by atomic mass is 16.3. The normalized spacial score (nSPS) is 24.2. The molecule has 0 unspecified atom stereocenters. The number of anilines is 1. The van der Waals surface area contributed by atoms with E-state index in [1.54, 1.807) is 0 Å². The zero-order chi connectivity index (χ0) is 24.5. The summed E-state index contributed by atoms with van der Waals surface area (Å²) in [5, 5.41) is 14.8. The molecule has 0 bridgehead atoms. The van der Waals surface area contributed by atoms with Crippen LogP contribution in [0.2, 0.25) is 0 Å². The minimum absolute atomic E-state index is 0.162. The molecule has 2 aliphatic carbocycles. The monoisotopic (exact) mass is 487 g/mol. The molecule has 2 saturated carbocycles. The molecular formula is C30H41N5O. The first kappa shape index (κ1) is 23.9. The Kier molecular flexibility index (Phi) is 6.98. The molecule has 2 N–H and O–H groups in total. The molecule has 1 aromatic carbocycles. The second-order valence-corrected chi connectivity index (χ2v) is 11.6. The van der Waals surface area contributed by atoms with Crippen LogP contribution in [-0.4, -0.2) is 49.8 Å². The molecule has 0 radical (unpaired) electrons. The topological polar surface area (TPSA) is 66.2 Å². The Morgan fingerprint density at radius 1 is 1.00 bits per heavy atom. The first-order chi connectivity index (χ1) is 17.6. The summed E-state index contributed by atoms with van der Waals surface area (Å²) in [6, 6.07) is 9.88. The van der Waals surface area contributed by atoms with E-state index in [1.807, 2.05) is 6.20 Å². The summed E-state index contributed by atoms with van der Waals surface area (Å²) in [6.45, 7) is 5.73. The summed E-state index contributed by atoms with van der Waals surface area (Å²) in [4.78, 5) is 12.4. The average molecular weight is 488 g/mol. The van der Waals surface area contributed by atoms with E-state index in [9.17, 15) is 5.11 Å². The van der Waals surface area contributed by atoms with E-state index in [0.717, 1.165) is 55.1 Å². The number of nitrogens with one attached hydrogen (secondary N) is 1. The van der Waals surface area contributed by atoms with Gasteiger partial charge in [-0.2, -0.15) is 4.98 Å². The van der Waals surface area contributed by atoms with E-state index in [0.29, 0.717) is 12.1 Å². The van der Waals surface area contributed by atoms with Gasteiger partial charge in [-0.25, -0.2) is 4.98 Å². The van der Waals surface area contributed by atoms with Crippen molar-refractivity contribution >= 4 is 17.0 Å². The summed E-state index contributed by atoms with van der Waals surface area (Å²) >= 11 is 0. The standard InChI is InChI=1S/C30H41N5O/c1-21(17-22-5-6-22)32-30-31-18-27-28(20-35(29(27)33-30)25-11-13-26(36)14-12-25)24-9-7-23(8-10-24)19-34-15-3-2-4-16-34/h7-10,18,20-22,25-26,36H,2-6,11-17,19H2,1H3,(H,31,32,33)/t21-,25?,26?/m1/s1. The lowest BCUT2D eigenvalue weighted by atomic mass is 9.93. The van der Waals surface area contributed by atoms with Gasteiger partial charge >= 0.3 is 0 Å². The quantitative estimate of drug-likeness (QED) is 0.398. The van der Waals surface area contributed by atoms with Crippen molar-refractivity contribution in [3.05, 3.63) is 42.2 Å². The van der Waals surface area contributed by atoms with E-state index in [-0.39, 0.29) is 6.10 Å². The van der Waals surface area contributed by atoms with Crippen molar-refractivity contribution in [1.29, 1.82) is 0 Å². The molecule has 6 rings (SSSR count). The molecule has 1 atom stereocenters. The van der Waals surface area contributed by atoms with E-state index in [2.05, 4.69) is 52.2 Å². The first-order valence-electron chi connectivity index (χ1n) is 14.3. The molecule has 0 amide bonds. The van der Waals surface area contributed by atoms with Gasteiger partial charge in [-0.05, 0) is 82.0 Å². The fourth-order valence-corrected chi connectivity index (χ4v) is 6.24. The van der Waals surface area contributed by atoms with Crippen LogP contribution in [0, 0.1) is 5.92 Å². The third-order valence-corrected chi connectivity index (χ3v) is 8.51. The molecule has 3 aliphatic rings. The predicted octanol–water partition coefficient (Wildman–Crippen LogP) is 6.16. The van der Waals surface area contributed by atoms with Crippen molar-refractivity contribution in [2.24, 2.45) is 5.92 Å². The maximum absolute atomic E-state index is 10.1. The van der Waals surface area contributed by atoms with E-state index >= 15 is 0 Å². The van der Waals surface area contributed by atoms with Crippen LogP contribution < -0.4 is 5.32 Å². The lowest BCUT2D eigenvalue weighted by Crippen LogP contribution is -2.28. The van der Waals surface area contributed by atoms with Gasteiger partial charge in [0.15, 0.2) is 0 Å². The van der Waals surface area contributed by atoms with E-state index in [1.165, 1.54) is 68.3 Å². The van der Waals surface area contributed by atoms with Gasteiger partial charge in [-0.1, -0.05) is 43.5 Å². The second-order valence-electron chi connectivity index (χ2n) is 11.6. The van der Waals surface area contributed by atoms with Crippen molar-refractivity contribution in [3.63, 3.8) is 0 Å². The number of rotatable bonds is 8. The maximum atomic E-state index is 10.1. The van der Waals surface area contributed by atoms with Gasteiger partial charge in [-0.3, -0.25) is 4.90 Å². The largest absolute Gasteiger partial charge is 0.393 e. The summed E-state index contributed by atoms with van der Waals surface area (Å²) in [5.41, 5.74) is 4.83. The van der Waals surface area contributed by atoms with Crippen molar-refractivity contribution in [1.82, 2.24) is 19.4 Å². The SMILES string of the molecule is C[C@H](CC1CC1)Nc1ncc2c(-c3ccc(CN4CCCCC4)cc3)cn(C3CCC(O)CC3)c2n1. The second kappa shape index (κ2) is 10.5. The number of aliphatic hydroxyl groups excluding tert-OH is 1. The number of aromatic nitrogens is 3. The van der Waals surface area contributed by atoms with Crippen molar-refractivity contribution < 1.29 is 5.11 Å². The molecule has 2 aromatic heterocycles. The fraction of sp³-hybridized carbons (Fsp3) is 0.600. The van der Waals surface area contributed by atoms with Gasteiger partial charge in [-0.15, -0.1) is 0 Å². The third kappa shape index (κ3) is 5.45. The highest BCUT2D eigenvalue weighted by Gasteiger charge is 2.26. The minimum atomic E-state index is -0.162. The Bertz CT molecular complexity index is 1150. The van der Waals surface area contributed by atoms with Crippen LogP contribution in [0.3, 0.4) is 0 Å². The lowest BCUT2D eigenvalue weighted by Gasteiger charge is -2.27. The number of hydrogen-bond donors (Lipinski definition) is 2. The minimum Gasteiger partial charge on any atom is -0.393 e. The molecule has 6 nitrogen and oxygen atoms in total. The van der Waals surface area contributed by atoms with Crippen molar-refractivity contribution in [2.75, 3.05) is 18.4 Å². The number of likely N-dealkylation sites (tertiary alicyclic amines) is 1. The smallest absolute Gasteiger partial charge is 0.224 e. The summed E-state index contributed by atoms with van der Waals surface area (Å²) in [5.74, 6) is 1.60. The molecular weight excluding hydrogens is 446 g/mol. The van der Waals surface area contributed by atoms with Crippen molar-refractivity contribution in [2.45, 2.75) is 95.9 Å². The molecule has 192 valence electrons. The Morgan fingerprint density at radius 3 is 2.47 bits per heavy atom. The molecule has 1 saturated heterocycles.